The number of aliphatic hydroxyl groups excluding tert-OH is 1. The first kappa shape index (κ1) is 21.2. The molecule has 4 aromatic rings. The Labute approximate surface area is 185 Å². The van der Waals surface area contributed by atoms with Crippen molar-refractivity contribution < 1.29 is 14.7 Å². The molecule has 6 nitrogen and oxygen atoms in total. The number of anilines is 1. The van der Waals surface area contributed by atoms with E-state index in [1.807, 2.05) is 66.7 Å². The van der Waals surface area contributed by atoms with Crippen molar-refractivity contribution in [3.8, 4) is 0 Å². The third-order valence-electron chi connectivity index (χ3n) is 5.16. The summed E-state index contributed by atoms with van der Waals surface area (Å²) in [4.78, 5) is 29.3. The minimum atomic E-state index is -0.405. The first-order valence-electron chi connectivity index (χ1n) is 10.3. The van der Waals surface area contributed by atoms with Gasteiger partial charge in [-0.2, -0.15) is 0 Å². The number of nitrogens with one attached hydrogen (secondary N) is 2. The number of carbonyl (C=O) groups is 2. The van der Waals surface area contributed by atoms with Crippen LogP contribution in [0.5, 0.6) is 0 Å². The molecule has 0 fully saturated rings. The molecule has 1 atom stereocenters. The molecular weight excluding hydrogens is 402 g/mol. The molecule has 0 bridgehead atoms. The molecule has 0 spiro atoms. The van der Waals surface area contributed by atoms with E-state index in [-0.39, 0.29) is 18.4 Å². The highest BCUT2D eigenvalue weighted by atomic mass is 16.3. The molecule has 0 aliphatic heterocycles. The van der Waals surface area contributed by atoms with Crippen LogP contribution in [0.1, 0.15) is 26.3 Å². The summed E-state index contributed by atoms with van der Waals surface area (Å²) in [5.74, 6) is -0.258. The van der Waals surface area contributed by atoms with Gasteiger partial charge in [-0.05, 0) is 47.0 Å². The molecule has 6 heteroatoms. The zero-order valence-electron chi connectivity index (χ0n) is 17.4. The number of hydrogen-bond acceptors (Lipinski definition) is 4. The second-order valence-electron chi connectivity index (χ2n) is 7.49. The van der Waals surface area contributed by atoms with Gasteiger partial charge < -0.3 is 15.7 Å². The van der Waals surface area contributed by atoms with Crippen molar-refractivity contribution in [2.75, 3.05) is 11.9 Å². The zero-order valence-corrected chi connectivity index (χ0v) is 17.4. The summed E-state index contributed by atoms with van der Waals surface area (Å²) in [5, 5.41) is 17.2. The minimum absolute atomic E-state index is 0.173. The summed E-state index contributed by atoms with van der Waals surface area (Å²) in [6, 6.07) is 25.7. The van der Waals surface area contributed by atoms with Crippen LogP contribution >= 0.6 is 0 Å². The second kappa shape index (κ2) is 9.85. The van der Waals surface area contributed by atoms with Crippen LogP contribution in [0.2, 0.25) is 0 Å². The predicted molar refractivity (Wildman–Crippen MR) is 125 cm³/mol. The third kappa shape index (κ3) is 5.17. The fourth-order valence-electron chi connectivity index (χ4n) is 3.45. The molecule has 0 aliphatic rings. The number of hydrogen-bond donors (Lipinski definition) is 3. The standard InChI is InChI=1S/C26H23N3O3/c30-17-23(14-18-6-2-1-3-7-18)28-26(32)22-12-13-24(27-16-22)29-25(31)21-11-10-19-8-4-5-9-20(19)15-21/h1-13,15-16,23,30H,14,17H2,(H,28,32)(H,27,29,31)/t23-/m0/s1. The maximum atomic E-state index is 12.6. The zero-order chi connectivity index (χ0) is 22.3. The Bertz CT molecular complexity index is 1220. The second-order valence-corrected chi connectivity index (χ2v) is 7.49. The maximum Gasteiger partial charge on any atom is 0.256 e. The van der Waals surface area contributed by atoms with Crippen molar-refractivity contribution in [3.05, 3.63) is 108 Å². The van der Waals surface area contributed by atoms with Gasteiger partial charge in [0.2, 0.25) is 0 Å². The molecule has 0 aliphatic carbocycles. The number of benzene rings is 3. The number of carbonyl (C=O) groups excluding carboxylic acids is 2. The van der Waals surface area contributed by atoms with Crippen LogP contribution in [0.15, 0.2) is 91.1 Å². The summed E-state index contributed by atoms with van der Waals surface area (Å²) in [6.07, 6.45) is 1.93. The van der Waals surface area contributed by atoms with Crippen LogP contribution < -0.4 is 10.6 Å². The van der Waals surface area contributed by atoms with Gasteiger partial charge in [0, 0.05) is 11.8 Å². The summed E-state index contributed by atoms with van der Waals surface area (Å²) in [6.45, 7) is -0.173. The van der Waals surface area contributed by atoms with Crippen molar-refractivity contribution in [1.82, 2.24) is 10.3 Å². The molecule has 4 rings (SSSR count). The van der Waals surface area contributed by atoms with Gasteiger partial charge in [-0.15, -0.1) is 0 Å². The molecule has 3 aromatic carbocycles. The summed E-state index contributed by atoms with van der Waals surface area (Å²) in [5.41, 5.74) is 1.90. The van der Waals surface area contributed by atoms with Gasteiger partial charge in [0.05, 0.1) is 18.2 Å². The molecule has 0 saturated heterocycles. The van der Waals surface area contributed by atoms with Crippen LogP contribution in [-0.4, -0.2) is 34.6 Å². The van der Waals surface area contributed by atoms with Crippen LogP contribution in [-0.2, 0) is 6.42 Å². The lowest BCUT2D eigenvalue weighted by molar-refractivity contribution is 0.0916. The van der Waals surface area contributed by atoms with Gasteiger partial charge in [-0.3, -0.25) is 9.59 Å². The van der Waals surface area contributed by atoms with Gasteiger partial charge in [0.15, 0.2) is 0 Å². The average Bonchev–Trinajstić information content (AvgIpc) is 2.84. The van der Waals surface area contributed by atoms with Crippen molar-refractivity contribution in [1.29, 1.82) is 0 Å². The number of pyridine rings is 1. The molecule has 2 amide bonds. The fourth-order valence-corrected chi connectivity index (χ4v) is 3.45. The van der Waals surface area contributed by atoms with E-state index >= 15 is 0 Å². The molecule has 0 radical (unpaired) electrons. The van der Waals surface area contributed by atoms with E-state index < -0.39 is 6.04 Å². The number of nitrogens with zero attached hydrogens (tertiary/aromatic N) is 1. The Morgan fingerprint density at radius 3 is 2.25 bits per heavy atom. The maximum absolute atomic E-state index is 12.6. The molecular formula is C26H23N3O3. The Morgan fingerprint density at radius 1 is 0.812 bits per heavy atom. The summed E-state index contributed by atoms with van der Waals surface area (Å²) >= 11 is 0. The Kier molecular flexibility index (Phi) is 6.53. The van der Waals surface area contributed by atoms with Crippen LogP contribution in [0.3, 0.4) is 0 Å². The third-order valence-corrected chi connectivity index (χ3v) is 5.16. The lowest BCUT2D eigenvalue weighted by atomic mass is 10.1. The van der Waals surface area contributed by atoms with Crippen molar-refractivity contribution >= 4 is 28.4 Å². The molecule has 1 aromatic heterocycles. The van der Waals surface area contributed by atoms with Crippen molar-refractivity contribution in [2.24, 2.45) is 0 Å². The Balaban J connectivity index is 1.38. The molecule has 1 heterocycles. The normalized spacial score (nSPS) is 11.7. The number of amides is 2. The molecule has 32 heavy (non-hydrogen) atoms. The lowest BCUT2D eigenvalue weighted by Gasteiger charge is -2.16. The van der Waals surface area contributed by atoms with E-state index in [9.17, 15) is 14.7 Å². The lowest BCUT2D eigenvalue weighted by Crippen LogP contribution is -2.39. The van der Waals surface area contributed by atoms with Gasteiger partial charge in [0.25, 0.3) is 11.8 Å². The first-order chi connectivity index (χ1) is 15.6. The highest BCUT2D eigenvalue weighted by molar-refractivity contribution is 6.06. The predicted octanol–water partition coefficient (Wildman–Crippen LogP) is 3.82. The summed E-state index contributed by atoms with van der Waals surface area (Å²) < 4.78 is 0. The Hall–Kier alpha value is -4.03. The Morgan fingerprint density at radius 2 is 1.53 bits per heavy atom. The van der Waals surface area contributed by atoms with E-state index in [0.29, 0.717) is 23.4 Å². The van der Waals surface area contributed by atoms with Crippen molar-refractivity contribution in [2.45, 2.75) is 12.5 Å². The number of fused-ring (bicyclic) bond motifs is 1. The molecule has 0 unspecified atom stereocenters. The van der Waals surface area contributed by atoms with Gasteiger partial charge in [-0.1, -0.05) is 60.7 Å². The van der Waals surface area contributed by atoms with E-state index in [0.717, 1.165) is 16.3 Å². The average molecular weight is 425 g/mol. The van der Waals surface area contributed by atoms with Gasteiger partial charge in [0.1, 0.15) is 5.82 Å². The van der Waals surface area contributed by atoms with E-state index in [1.54, 1.807) is 18.2 Å². The van der Waals surface area contributed by atoms with Gasteiger partial charge >= 0.3 is 0 Å². The molecule has 3 N–H and O–H groups in total. The molecule has 160 valence electrons. The summed E-state index contributed by atoms with van der Waals surface area (Å²) in [7, 11) is 0. The SMILES string of the molecule is O=C(Nc1ccc(C(=O)N[C@H](CO)Cc2ccccc2)cn1)c1ccc2ccccc2c1. The number of rotatable bonds is 7. The van der Waals surface area contributed by atoms with Crippen LogP contribution in [0, 0.1) is 0 Å². The fraction of sp³-hybridized carbons (Fsp3) is 0.115. The number of aliphatic hydroxyl groups is 1. The highest BCUT2D eigenvalue weighted by Crippen LogP contribution is 2.17. The topological polar surface area (TPSA) is 91.3 Å². The van der Waals surface area contributed by atoms with E-state index in [4.69, 9.17) is 0 Å². The quantitative estimate of drug-likeness (QED) is 0.420. The van der Waals surface area contributed by atoms with Crippen LogP contribution in [0.4, 0.5) is 5.82 Å². The van der Waals surface area contributed by atoms with Crippen LogP contribution in [0.25, 0.3) is 10.8 Å². The van der Waals surface area contributed by atoms with E-state index in [1.165, 1.54) is 6.20 Å². The van der Waals surface area contributed by atoms with E-state index in [2.05, 4.69) is 15.6 Å². The van der Waals surface area contributed by atoms with Gasteiger partial charge in [-0.25, -0.2) is 4.98 Å². The number of aromatic nitrogens is 1. The highest BCUT2D eigenvalue weighted by Gasteiger charge is 2.15. The minimum Gasteiger partial charge on any atom is -0.394 e. The smallest absolute Gasteiger partial charge is 0.256 e. The largest absolute Gasteiger partial charge is 0.394 e. The first-order valence-corrected chi connectivity index (χ1v) is 10.3. The molecule has 0 saturated carbocycles. The van der Waals surface area contributed by atoms with Crippen molar-refractivity contribution in [3.63, 3.8) is 0 Å². The monoisotopic (exact) mass is 425 g/mol.